The molecule has 1 aliphatic carbocycles. The highest BCUT2D eigenvalue weighted by Gasteiger charge is 2.29. The maximum absolute atomic E-state index is 12.2. The number of nitrogens with one attached hydrogen (secondary N) is 1. The van der Waals surface area contributed by atoms with Gasteiger partial charge in [0.25, 0.3) is 5.91 Å². The number of anilines is 1. The van der Waals surface area contributed by atoms with Crippen LogP contribution in [0.25, 0.3) is 0 Å². The summed E-state index contributed by atoms with van der Waals surface area (Å²) < 4.78 is 5.54. The van der Waals surface area contributed by atoms with Crippen molar-refractivity contribution in [2.24, 2.45) is 11.8 Å². The van der Waals surface area contributed by atoms with E-state index < -0.39 is 0 Å². The monoisotopic (exact) mass is 329 g/mol. The Morgan fingerprint density at radius 2 is 2.21 bits per heavy atom. The van der Waals surface area contributed by atoms with Crippen molar-refractivity contribution in [3.63, 3.8) is 0 Å². The molecule has 1 aliphatic rings. The van der Waals surface area contributed by atoms with Gasteiger partial charge in [-0.2, -0.15) is 5.26 Å². The topological polar surface area (TPSA) is 82.4 Å². The molecule has 128 valence electrons. The molecule has 0 radical (unpaired) electrons. The molecule has 1 aromatic rings. The second kappa shape index (κ2) is 8.34. The quantitative estimate of drug-likeness (QED) is 0.794. The van der Waals surface area contributed by atoms with E-state index in [2.05, 4.69) is 11.4 Å². The molecule has 0 heterocycles. The van der Waals surface area contributed by atoms with Crippen molar-refractivity contribution in [2.75, 3.05) is 25.0 Å². The number of rotatable bonds is 8. The third-order valence-corrected chi connectivity index (χ3v) is 3.86. The molecule has 2 amide bonds. The highest BCUT2D eigenvalue weighted by molar-refractivity contribution is 5.94. The maximum Gasteiger partial charge on any atom is 0.260 e. The first-order valence-corrected chi connectivity index (χ1v) is 8.24. The zero-order valence-corrected chi connectivity index (χ0v) is 14.1. The van der Waals surface area contributed by atoms with Gasteiger partial charge in [-0.25, -0.2) is 0 Å². The number of hydrogen-bond donors (Lipinski definition) is 1. The second-order valence-corrected chi connectivity index (χ2v) is 6.04. The molecule has 0 saturated heterocycles. The van der Waals surface area contributed by atoms with Gasteiger partial charge in [0.1, 0.15) is 5.75 Å². The van der Waals surface area contributed by atoms with E-state index in [0.29, 0.717) is 24.5 Å². The van der Waals surface area contributed by atoms with Gasteiger partial charge in [0.05, 0.1) is 12.0 Å². The average molecular weight is 329 g/mol. The number of hydrogen-bond acceptors (Lipinski definition) is 4. The number of nitrogens with zero attached hydrogens (tertiary/aromatic N) is 2. The van der Waals surface area contributed by atoms with Gasteiger partial charge < -0.3 is 15.0 Å². The molecule has 0 aromatic heterocycles. The lowest BCUT2D eigenvalue weighted by Crippen LogP contribution is -2.37. The first-order valence-electron chi connectivity index (χ1n) is 8.24. The predicted molar refractivity (Wildman–Crippen MR) is 90.3 cm³/mol. The van der Waals surface area contributed by atoms with Gasteiger partial charge in [-0.3, -0.25) is 9.59 Å². The third kappa shape index (κ3) is 5.27. The fourth-order valence-corrected chi connectivity index (χ4v) is 2.27. The lowest BCUT2D eigenvalue weighted by atomic mass is 10.2. The van der Waals surface area contributed by atoms with E-state index in [-0.39, 0.29) is 30.3 Å². The Morgan fingerprint density at radius 1 is 1.46 bits per heavy atom. The van der Waals surface area contributed by atoms with Crippen LogP contribution in [-0.2, 0) is 9.59 Å². The number of amides is 2. The Kier molecular flexibility index (Phi) is 6.19. The lowest BCUT2D eigenvalue weighted by Gasteiger charge is -2.22. The molecular weight excluding hydrogens is 306 g/mol. The van der Waals surface area contributed by atoms with Gasteiger partial charge in [0.15, 0.2) is 6.61 Å². The molecule has 1 unspecified atom stereocenters. The molecule has 2 rings (SSSR count). The first kappa shape index (κ1) is 17.8. The Balaban J connectivity index is 1.87. The molecule has 1 saturated carbocycles. The number of nitriles is 1. The van der Waals surface area contributed by atoms with Crippen LogP contribution in [0, 0.1) is 23.2 Å². The fourth-order valence-electron chi connectivity index (χ4n) is 2.27. The van der Waals surface area contributed by atoms with Crippen molar-refractivity contribution in [1.29, 1.82) is 5.26 Å². The van der Waals surface area contributed by atoms with Crippen LogP contribution in [0.2, 0.25) is 0 Å². The van der Waals surface area contributed by atoms with Crippen molar-refractivity contribution in [1.82, 2.24) is 4.90 Å². The van der Waals surface area contributed by atoms with Gasteiger partial charge in [0, 0.05) is 30.8 Å². The summed E-state index contributed by atoms with van der Waals surface area (Å²) in [5, 5.41) is 11.7. The average Bonchev–Trinajstić information content (AvgIpc) is 3.42. The van der Waals surface area contributed by atoms with Crippen molar-refractivity contribution in [3.8, 4) is 11.8 Å². The number of carbonyl (C=O) groups is 2. The molecule has 0 bridgehead atoms. The van der Waals surface area contributed by atoms with Crippen LogP contribution < -0.4 is 10.1 Å². The maximum atomic E-state index is 12.2. The molecule has 6 heteroatoms. The summed E-state index contributed by atoms with van der Waals surface area (Å²) >= 11 is 0. The molecule has 0 aliphatic heterocycles. The fraction of sp³-hybridized carbons (Fsp3) is 0.500. The van der Waals surface area contributed by atoms with Gasteiger partial charge >= 0.3 is 0 Å². The predicted octanol–water partition coefficient (Wildman–Crippen LogP) is 2.42. The molecular formula is C18H23N3O3. The standard InChI is InChI=1S/C18H23N3O3/c1-3-21(11-13(2)10-19)17(22)12-24-16-6-4-5-15(9-16)20-18(23)14-7-8-14/h4-6,9,13-14H,3,7-8,11-12H2,1-2H3,(H,20,23). The summed E-state index contributed by atoms with van der Waals surface area (Å²) in [4.78, 5) is 25.6. The van der Waals surface area contributed by atoms with E-state index in [1.807, 2.05) is 6.92 Å². The molecule has 6 nitrogen and oxygen atoms in total. The van der Waals surface area contributed by atoms with Crippen molar-refractivity contribution < 1.29 is 14.3 Å². The van der Waals surface area contributed by atoms with Crippen LogP contribution in [0.15, 0.2) is 24.3 Å². The molecule has 0 spiro atoms. The Hall–Kier alpha value is -2.55. The summed E-state index contributed by atoms with van der Waals surface area (Å²) in [6.45, 7) is 4.49. The Morgan fingerprint density at radius 3 is 2.83 bits per heavy atom. The molecule has 1 aromatic carbocycles. The smallest absolute Gasteiger partial charge is 0.260 e. The zero-order valence-electron chi connectivity index (χ0n) is 14.1. The minimum absolute atomic E-state index is 0.0332. The highest BCUT2D eigenvalue weighted by Crippen LogP contribution is 2.30. The second-order valence-electron chi connectivity index (χ2n) is 6.04. The van der Waals surface area contributed by atoms with E-state index in [9.17, 15) is 9.59 Å². The van der Waals surface area contributed by atoms with Crippen LogP contribution in [0.4, 0.5) is 5.69 Å². The molecule has 1 atom stereocenters. The Labute approximate surface area is 142 Å². The van der Waals surface area contributed by atoms with E-state index in [0.717, 1.165) is 12.8 Å². The lowest BCUT2D eigenvalue weighted by molar-refractivity contribution is -0.133. The summed E-state index contributed by atoms with van der Waals surface area (Å²) in [6, 6.07) is 9.15. The highest BCUT2D eigenvalue weighted by atomic mass is 16.5. The third-order valence-electron chi connectivity index (χ3n) is 3.86. The minimum atomic E-state index is -0.213. The van der Waals surface area contributed by atoms with Crippen LogP contribution in [0.5, 0.6) is 5.75 Å². The summed E-state index contributed by atoms with van der Waals surface area (Å²) in [5.41, 5.74) is 0.669. The molecule has 24 heavy (non-hydrogen) atoms. The van der Waals surface area contributed by atoms with Gasteiger partial charge in [-0.1, -0.05) is 6.07 Å². The van der Waals surface area contributed by atoms with Gasteiger partial charge in [0.2, 0.25) is 5.91 Å². The van der Waals surface area contributed by atoms with Gasteiger partial charge in [-0.05, 0) is 38.8 Å². The van der Waals surface area contributed by atoms with E-state index in [4.69, 9.17) is 10.00 Å². The number of carbonyl (C=O) groups excluding carboxylic acids is 2. The van der Waals surface area contributed by atoms with Crippen molar-refractivity contribution in [3.05, 3.63) is 24.3 Å². The van der Waals surface area contributed by atoms with E-state index in [1.54, 1.807) is 36.1 Å². The van der Waals surface area contributed by atoms with Crippen LogP contribution in [0.1, 0.15) is 26.7 Å². The van der Waals surface area contributed by atoms with Crippen molar-refractivity contribution in [2.45, 2.75) is 26.7 Å². The van der Waals surface area contributed by atoms with Crippen LogP contribution in [0.3, 0.4) is 0 Å². The number of ether oxygens (including phenoxy) is 1. The SMILES string of the molecule is CCN(CC(C)C#N)C(=O)COc1cccc(NC(=O)C2CC2)c1. The first-order chi connectivity index (χ1) is 11.5. The normalized spacial score (nSPS) is 14.4. The zero-order chi connectivity index (χ0) is 17.5. The summed E-state index contributed by atoms with van der Waals surface area (Å²) in [5.74, 6) is 0.325. The largest absolute Gasteiger partial charge is 0.484 e. The van der Waals surface area contributed by atoms with Crippen LogP contribution >= 0.6 is 0 Å². The number of benzene rings is 1. The minimum Gasteiger partial charge on any atom is -0.484 e. The van der Waals surface area contributed by atoms with Gasteiger partial charge in [-0.15, -0.1) is 0 Å². The van der Waals surface area contributed by atoms with E-state index in [1.165, 1.54) is 0 Å². The van der Waals surface area contributed by atoms with Crippen LogP contribution in [-0.4, -0.2) is 36.4 Å². The van der Waals surface area contributed by atoms with E-state index >= 15 is 0 Å². The molecule has 1 fully saturated rings. The number of likely N-dealkylation sites (N-methyl/N-ethyl adjacent to an activating group) is 1. The summed E-state index contributed by atoms with van der Waals surface area (Å²) in [6.07, 6.45) is 1.90. The van der Waals surface area contributed by atoms with Crippen molar-refractivity contribution >= 4 is 17.5 Å². The Bertz CT molecular complexity index is 635. The molecule has 1 N–H and O–H groups in total. The summed E-state index contributed by atoms with van der Waals surface area (Å²) in [7, 11) is 0.